The largest absolute Gasteiger partial charge is 0.494 e. The number of amides is 1. The van der Waals surface area contributed by atoms with Crippen LogP contribution < -0.4 is 10.1 Å². The number of nitrogens with zero attached hydrogens (tertiary/aromatic N) is 1. The molecule has 25 heavy (non-hydrogen) atoms. The van der Waals surface area contributed by atoms with Crippen LogP contribution >= 0.6 is 0 Å². The first-order valence-corrected chi connectivity index (χ1v) is 8.92. The summed E-state index contributed by atoms with van der Waals surface area (Å²) in [6.07, 6.45) is 5.58. The van der Waals surface area contributed by atoms with Gasteiger partial charge in [-0.05, 0) is 44.5 Å². The molecule has 0 aliphatic heterocycles. The summed E-state index contributed by atoms with van der Waals surface area (Å²) in [5.41, 5.74) is 0.612. The Hall–Kier alpha value is -2.14. The van der Waals surface area contributed by atoms with Gasteiger partial charge >= 0.3 is 0 Å². The van der Waals surface area contributed by atoms with Crippen LogP contribution in [0.2, 0.25) is 0 Å². The molecule has 0 radical (unpaired) electrons. The van der Waals surface area contributed by atoms with E-state index in [1.807, 2.05) is 38.1 Å². The zero-order valence-corrected chi connectivity index (χ0v) is 15.6. The number of hydrogen-bond donors (Lipinski definition) is 1. The number of rotatable bonds is 9. The number of methoxy groups -OCH3 is 1. The molecule has 0 aliphatic rings. The van der Waals surface area contributed by atoms with Gasteiger partial charge in [-0.25, -0.2) is 0 Å². The van der Waals surface area contributed by atoms with Gasteiger partial charge in [0, 0.05) is 18.2 Å². The molecule has 1 N–H and O–H groups in total. The molecule has 0 spiro atoms. The van der Waals surface area contributed by atoms with E-state index in [1.54, 1.807) is 13.3 Å². The number of unbranched alkanes of at least 4 members (excludes halogenated alkanes) is 2. The number of fused-ring (bicyclic) bond motifs is 1. The lowest BCUT2D eigenvalue weighted by molar-refractivity contribution is -0.139. The average Bonchev–Trinajstić information content (AvgIpc) is 2.62. The van der Waals surface area contributed by atoms with Crippen molar-refractivity contribution in [3.05, 3.63) is 30.5 Å². The molecule has 5 heteroatoms. The highest BCUT2D eigenvalue weighted by Gasteiger charge is 2.33. The van der Waals surface area contributed by atoms with Gasteiger partial charge in [0.15, 0.2) is 0 Å². The minimum Gasteiger partial charge on any atom is -0.494 e. The van der Waals surface area contributed by atoms with Gasteiger partial charge in [-0.2, -0.15) is 0 Å². The first-order chi connectivity index (χ1) is 12.1. The molecular formula is C20H28N2O3. The van der Waals surface area contributed by atoms with Crippen molar-refractivity contribution in [3.63, 3.8) is 0 Å². The van der Waals surface area contributed by atoms with Crippen LogP contribution in [-0.4, -0.2) is 30.2 Å². The van der Waals surface area contributed by atoms with Crippen LogP contribution in [0.15, 0.2) is 30.5 Å². The van der Waals surface area contributed by atoms with Crippen molar-refractivity contribution < 1.29 is 14.3 Å². The van der Waals surface area contributed by atoms with Crippen LogP contribution in [0.5, 0.6) is 5.75 Å². The monoisotopic (exact) mass is 344 g/mol. The van der Waals surface area contributed by atoms with Crippen LogP contribution in [0.4, 0.5) is 5.69 Å². The highest BCUT2D eigenvalue weighted by atomic mass is 16.5. The fourth-order valence-electron chi connectivity index (χ4n) is 2.96. The van der Waals surface area contributed by atoms with Gasteiger partial charge in [-0.3, -0.25) is 9.78 Å². The number of carbonyl (C=O) groups excluding carboxylic acids is 1. The summed E-state index contributed by atoms with van der Waals surface area (Å²) in [5, 5.41) is 3.88. The van der Waals surface area contributed by atoms with Crippen molar-refractivity contribution >= 4 is 22.5 Å². The number of pyridine rings is 1. The molecule has 1 amide bonds. The van der Waals surface area contributed by atoms with Crippen LogP contribution in [0.3, 0.4) is 0 Å². The van der Waals surface area contributed by atoms with Crippen LogP contribution in [0.1, 0.15) is 46.5 Å². The van der Waals surface area contributed by atoms with Crippen molar-refractivity contribution in [2.45, 2.75) is 52.1 Å². The fourth-order valence-corrected chi connectivity index (χ4v) is 2.96. The molecule has 5 nitrogen and oxygen atoms in total. The van der Waals surface area contributed by atoms with E-state index in [2.05, 4.69) is 17.2 Å². The van der Waals surface area contributed by atoms with E-state index in [4.69, 9.17) is 9.47 Å². The molecule has 136 valence electrons. The van der Waals surface area contributed by atoms with Gasteiger partial charge in [-0.1, -0.05) is 26.2 Å². The lowest BCUT2D eigenvalue weighted by Crippen LogP contribution is -2.42. The van der Waals surface area contributed by atoms with Gasteiger partial charge in [0.05, 0.1) is 12.8 Å². The van der Waals surface area contributed by atoms with E-state index in [-0.39, 0.29) is 5.91 Å². The highest BCUT2D eigenvalue weighted by Crippen LogP contribution is 2.31. The second-order valence-corrected chi connectivity index (χ2v) is 6.29. The van der Waals surface area contributed by atoms with E-state index in [0.717, 1.165) is 35.9 Å². The standard InChI is InChI=1S/C20H28N2O3/c1-5-7-8-13-20(3,25-6-2)19(23)22-16-11-12-17(24-4)18-15(16)10-9-14-21-18/h9-12,14H,5-8,13H2,1-4H3,(H,22,23). The molecule has 0 bridgehead atoms. The number of ether oxygens (including phenoxy) is 2. The zero-order valence-electron chi connectivity index (χ0n) is 15.6. The molecule has 2 rings (SSSR count). The molecule has 0 saturated heterocycles. The molecule has 1 unspecified atom stereocenters. The zero-order chi connectivity index (χ0) is 18.3. The van der Waals surface area contributed by atoms with Gasteiger partial charge < -0.3 is 14.8 Å². The van der Waals surface area contributed by atoms with Gasteiger partial charge in [0.1, 0.15) is 16.9 Å². The number of nitrogens with one attached hydrogen (secondary N) is 1. The average molecular weight is 344 g/mol. The van der Waals surface area contributed by atoms with Crippen LogP contribution in [0.25, 0.3) is 10.9 Å². The Morgan fingerprint density at radius 2 is 2.04 bits per heavy atom. The van der Waals surface area contributed by atoms with E-state index in [0.29, 0.717) is 18.8 Å². The Labute approximate surface area is 149 Å². The summed E-state index contributed by atoms with van der Waals surface area (Å²) in [5.74, 6) is 0.560. The minimum atomic E-state index is -0.835. The second kappa shape index (κ2) is 8.81. The van der Waals surface area contributed by atoms with E-state index in [9.17, 15) is 4.79 Å². The van der Waals surface area contributed by atoms with Crippen molar-refractivity contribution in [1.82, 2.24) is 4.98 Å². The third-order valence-corrected chi connectivity index (χ3v) is 4.40. The number of aromatic nitrogens is 1. The Balaban J connectivity index is 2.27. The molecular weight excluding hydrogens is 316 g/mol. The number of benzene rings is 1. The molecule has 0 fully saturated rings. The normalized spacial score (nSPS) is 13.4. The van der Waals surface area contributed by atoms with Crippen molar-refractivity contribution in [3.8, 4) is 5.75 Å². The van der Waals surface area contributed by atoms with Crippen molar-refractivity contribution in [2.24, 2.45) is 0 Å². The van der Waals surface area contributed by atoms with E-state index < -0.39 is 5.60 Å². The maximum atomic E-state index is 12.9. The first-order valence-electron chi connectivity index (χ1n) is 8.92. The Morgan fingerprint density at radius 1 is 1.24 bits per heavy atom. The molecule has 1 aromatic heterocycles. The van der Waals surface area contributed by atoms with E-state index >= 15 is 0 Å². The number of anilines is 1. The number of carbonyl (C=O) groups is 1. The summed E-state index contributed by atoms with van der Waals surface area (Å²) in [6, 6.07) is 7.44. The van der Waals surface area contributed by atoms with Crippen molar-refractivity contribution in [1.29, 1.82) is 0 Å². The predicted molar refractivity (Wildman–Crippen MR) is 101 cm³/mol. The lowest BCUT2D eigenvalue weighted by atomic mass is 9.96. The van der Waals surface area contributed by atoms with Gasteiger partial charge in [-0.15, -0.1) is 0 Å². The van der Waals surface area contributed by atoms with Crippen molar-refractivity contribution in [2.75, 3.05) is 19.0 Å². The van der Waals surface area contributed by atoms with Crippen LogP contribution in [-0.2, 0) is 9.53 Å². The topological polar surface area (TPSA) is 60.5 Å². The molecule has 1 atom stereocenters. The summed E-state index contributed by atoms with van der Waals surface area (Å²) in [4.78, 5) is 17.3. The lowest BCUT2D eigenvalue weighted by Gasteiger charge is -2.28. The summed E-state index contributed by atoms with van der Waals surface area (Å²) >= 11 is 0. The molecule has 2 aromatic rings. The minimum absolute atomic E-state index is 0.124. The smallest absolute Gasteiger partial charge is 0.256 e. The van der Waals surface area contributed by atoms with E-state index in [1.165, 1.54) is 0 Å². The molecule has 0 aliphatic carbocycles. The Bertz CT molecular complexity index is 717. The first kappa shape index (κ1) is 19.2. The Morgan fingerprint density at radius 3 is 2.72 bits per heavy atom. The fraction of sp³-hybridized carbons (Fsp3) is 0.500. The third kappa shape index (κ3) is 4.48. The number of hydrogen-bond acceptors (Lipinski definition) is 4. The van der Waals surface area contributed by atoms with Gasteiger partial charge in [0.25, 0.3) is 5.91 Å². The maximum Gasteiger partial charge on any atom is 0.256 e. The molecule has 0 saturated carbocycles. The Kier molecular flexibility index (Phi) is 6.76. The predicted octanol–water partition coefficient (Wildman–Crippen LogP) is 4.56. The third-order valence-electron chi connectivity index (χ3n) is 4.40. The maximum absolute atomic E-state index is 12.9. The summed E-state index contributed by atoms with van der Waals surface area (Å²) < 4.78 is 11.2. The highest BCUT2D eigenvalue weighted by molar-refractivity contribution is 6.05. The second-order valence-electron chi connectivity index (χ2n) is 6.29. The quantitative estimate of drug-likeness (QED) is 0.678. The summed E-state index contributed by atoms with van der Waals surface area (Å²) in [7, 11) is 1.61. The molecule has 1 heterocycles. The molecule has 1 aromatic carbocycles. The van der Waals surface area contributed by atoms with Gasteiger partial charge in [0.2, 0.25) is 0 Å². The summed E-state index contributed by atoms with van der Waals surface area (Å²) in [6.45, 7) is 6.43. The SMILES string of the molecule is CCCCCC(C)(OCC)C(=O)Nc1ccc(OC)c2ncccc12. The van der Waals surface area contributed by atoms with Crippen LogP contribution in [0, 0.1) is 0 Å².